The fourth-order valence-corrected chi connectivity index (χ4v) is 3.98. The van der Waals surface area contributed by atoms with Gasteiger partial charge in [-0.15, -0.1) is 0 Å². The Kier molecular flexibility index (Phi) is 10.7. The molecule has 0 radical (unpaired) electrons. The number of carbonyl (C=O) groups excluding carboxylic acids is 2. The zero-order valence-electron chi connectivity index (χ0n) is 19.8. The van der Waals surface area contributed by atoms with Crippen molar-refractivity contribution in [3.63, 3.8) is 0 Å². The SMILES string of the molecule is Cc1cc(F)c(COc2nsc(NC(=O)NCCCCCC(O)CN(C)C)c2C(N)=O)c(F)c1F. The fourth-order valence-electron chi connectivity index (χ4n) is 3.24. The first kappa shape index (κ1) is 28.3. The molecule has 2 aromatic rings. The number of likely N-dealkylation sites (N-methyl/N-ethyl adjacent to an activating group) is 1. The van der Waals surface area contributed by atoms with Crippen LogP contribution in [0, 0.1) is 24.4 Å². The summed E-state index contributed by atoms with van der Waals surface area (Å²) in [5.74, 6) is -4.93. The van der Waals surface area contributed by atoms with Gasteiger partial charge in [0.15, 0.2) is 11.6 Å². The van der Waals surface area contributed by atoms with Crippen molar-refractivity contribution < 1.29 is 32.6 Å². The maximum absolute atomic E-state index is 14.1. The molecule has 1 heterocycles. The first-order chi connectivity index (χ1) is 16.5. The first-order valence-corrected chi connectivity index (χ1v) is 11.7. The minimum atomic E-state index is -1.40. The van der Waals surface area contributed by atoms with Crippen LogP contribution >= 0.6 is 11.5 Å². The number of rotatable bonds is 13. The summed E-state index contributed by atoms with van der Waals surface area (Å²) in [5, 5.41) is 14.9. The molecule has 0 fully saturated rings. The molecule has 2 rings (SSSR count). The van der Waals surface area contributed by atoms with Crippen molar-refractivity contribution in [2.75, 3.05) is 32.5 Å². The molecule has 1 unspecified atom stereocenters. The summed E-state index contributed by atoms with van der Waals surface area (Å²) in [6.07, 6.45) is 2.58. The van der Waals surface area contributed by atoms with Crippen LogP contribution in [0.15, 0.2) is 6.07 Å². The summed E-state index contributed by atoms with van der Waals surface area (Å²) >= 11 is 0.696. The molecule has 0 aliphatic rings. The lowest BCUT2D eigenvalue weighted by Gasteiger charge is -2.15. The quantitative estimate of drug-likeness (QED) is 0.239. The average molecular weight is 518 g/mol. The molecule has 0 spiro atoms. The molecule has 0 saturated heterocycles. The molecule has 0 saturated carbocycles. The number of nitrogens with zero attached hydrogens (tertiary/aromatic N) is 2. The van der Waals surface area contributed by atoms with Crippen LogP contribution in [0.25, 0.3) is 0 Å². The van der Waals surface area contributed by atoms with Gasteiger partial charge in [-0.2, -0.15) is 4.37 Å². The maximum atomic E-state index is 14.1. The Bertz CT molecular complexity index is 1040. The van der Waals surface area contributed by atoms with Crippen molar-refractivity contribution in [3.8, 4) is 5.88 Å². The number of anilines is 1. The molecule has 13 heteroatoms. The van der Waals surface area contributed by atoms with Crippen LogP contribution < -0.4 is 21.1 Å². The van der Waals surface area contributed by atoms with Crippen molar-refractivity contribution in [2.45, 2.75) is 45.3 Å². The largest absolute Gasteiger partial charge is 0.471 e. The zero-order valence-corrected chi connectivity index (χ0v) is 20.6. The lowest BCUT2D eigenvalue weighted by molar-refractivity contribution is 0.0996. The monoisotopic (exact) mass is 517 g/mol. The molecule has 0 aliphatic carbocycles. The maximum Gasteiger partial charge on any atom is 0.319 e. The van der Waals surface area contributed by atoms with Crippen LogP contribution in [-0.2, 0) is 6.61 Å². The standard InChI is InChI=1S/C22H30F3N5O4S/c1-12-9-15(23)14(18(25)17(12)24)11-34-20-16(19(26)32)21(35-29-20)28-22(33)27-8-6-4-5-7-13(31)10-30(2)3/h9,13,31H,4-8,10-11H2,1-3H3,(H2,26,32)(H2,27,28,33). The summed E-state index contributed by atoms with van der Waals surface area (Å²) < 4.78 is 51.0. The number of amides is 3. The van der Waals surface area contributed by atoms with Gasteiger partial charge in [0.25, 0.3) is 5.91 Å². The number of aliphatic hydroxyl groups excluding tert-OH is 1. The number of urea groups is 1. The van der Waals surface area contributed by atoms with E-state index < -0.39 is 47.7 Å². The van der Waals surface area contributed by atoms with E-state index in [9.17, 15) is 27.9 Å². The van der Waals surface area contributed by atoms with Crippen LogP contribution in [0.5, 0.6) is 5.88 Å². The minimum absolute atomic E-state index is 0.00663. The van der Waals surface area contributed by atoms with Gasteiger partial charge in [-0.1, -0.05) is 12.8 Å². The number of ether oxygens (including phenoxy) is 1. The molecule has 0 aliphatic heterocycles. The number of nitrogens with two attached hydrogens (primary N) is 1. The van der Waals surface area contributed by atoms with Crippen LogP contribution in [0.1, 0.15) is 47.2 Å². The predicted octanol–water partition coefficient (Wildman–Crippen LogP) is 3.15. The summed E-state index contributed by atoms with van der Waals surface area (Å²) in [5.41, 5.74) is 4.22. The van der Waals surface area contributed by atoms with E-state index >= 15 is 0 Å². The highest BCUT2D eigenvalue weighted by molar-refractivity contribution is 7.11. The highest BCUT2D eigenvalue weighted by Gasteiger charge is 2.24. The van der Waals surface area contributed by atoms with Crippen molar-refractivity contribution in [1.82, 2.24) is 14.6 Å². The molecular formula is C22H30F3N5O4S. The fraction of sp³-hybridized carbons (Fsp3) is 0.500. The molecular weight excluding hydrogens is 487 g/mol. The first-order valence-electron chi connectivity index (χ1n) is 10.9. The van der Waals surface area contributed by atoms with Crippen LogP contribution in [0.2, 0.25) is 0 Å². The van der Waals surface area contributed by atoms with E-state index in [-0.39, 0.29) is 22.0 Å². The van der Waals surface area contributed by atoms with Gasteiger partial charge in [-0.25, -0.2) is 18.0 Å². The zero-order chi connectivity index (χ0) is 26.1. The second kappa shape index (κ2) is 13.3. The van der Waals surface area contributed by atoms with Gasteiger partial charge in [0.1, 0.15) is 23.0 Å². The summed E-state index contributed by atoms with van der Waals surface area (Å²) in [6.45, 7) is 1.43. The molecule has 3 amide bonds. The highest BCUT2D eigenvalue weighted by atomic mass is 32.1. The smallest absolute Gasteiger partial charge is 0.319 e. The number of aromatic nitrogens is 1. The number of benzene rings is 1. The molecule has 9 nitrogen and oxygen atoms in total. The van der Waals surface area contributed by atoms with Gasteiger partial charge in [0.2, 0.25) is 5.88 Å². The third kappa shape index (κ3) is 8.37. The van der Waals surface area contributed by atoms with Gasteiger partial charge in [-0.3, -0.25) is 10.1 Å². The lowest BCUT2D eigenvalue weighted by atomic mass is 10.1. The normalized spacial score (nSPS) is 12.0. The molecule has 194 valence electrons. The van der Waals surface area contributed by atoms with Crippen molar-refractivity contribution in [3.05, 3.63) is 40.2 Å². The molecule has 5 N–H and O–H groups in total. The molecule has 0 bridgehead atoms. The summed E-state index contributed by atoms with van der Waals surface area (Å²) in [7, 11) is 3.77. The summed E-state index contributed by atoms with van der Waals surface area (Å²) in [4.78, 5) is 26.0. The van der Waals surface area contributed by atoms with E-state index in [1.807, 2.05) is 19.0 Å². The average Bonchev–Trinajstić information content (AvgIpc) is 3.16. The number of aryl methyl sites for hydroxylation is 1. The molecule has 35 heavy (non-hydrogen) atoms. The van der Waals surface area contributed by atoms with Crippen molar-refractivity contribution >= 4 is 28.5 Å². The number of carbonyl (C=O) groups is 2. The third-order valence-corrected chi connectivity index (χ3v) is 5.74. The van der Waals surface area contributed by atoms with Gasteiger partial charge >= 0.3 is 6.03 Å². The van der Waals surface area contributed by atoms with E-state index in [2.05, 4.69) is 15.0 Å². The second-order valence-electron chi connectivity index (χ2n) is 8.27. The topological polar surface area (TPSA) is 130 Å². The van der Waals surface area contributed by atoms with Crippen molar-refractivity contribution in [1.29, 1.82) is 0 Å². The number of hydrogen-bond acceptors (Lipinski definition) is 7. The second-order valence-corrected chi connectivity index (χ2v) is 9.05. The molecule has 1 atom stereocenters. The van der Waals surface area contributed by atoms with E-state index in [1.165, 1.54) is 6.92 Å². The number of aliphatic hydroxyl groups is 1. The lowest BCUT2D eigenvalue weighted by Crippen LogP contribution is -2.30. The van der Waals surface area contributed by atoms with Gasteiger partial charge < -0.3 is 25.8 Å². The number of halogens is 3. The Hall–Kier alpha value is -2.90. The number of primary amides is 1. The molecule has 1 aromatic heterocycles. The summed E-state index contributed by atoms with van der Waals surface area (Å²) in [6, 6.07) is 0.226. The molecule has 1 aromatic carbocycles. The van der Waals surface area contributed by atoms with E-state index in [0.29, 0.717) is 37.5 Å². The Morgan fingerprint density at radius 3 is 2.60 bits per heavy atom. The van der Waals surface area contributed by atoms with Gasteiger partial charge in [0.05, 0.1) is 11.7 Å². The third-order valence-electron chi connectivity index (χ3n) is 5.00. The Balaban J connectivity index is 1.88. The number of unbranched alkanes of at least 4 members (excludes halogenated alkanes) is 2. The van der Waals surface area contributed by atoms with Gasteiger partial charge in [0, 0.05) is 13.1 Å². The van der Waals surface area contributed by atoms with E-state index in [1.54, 1.807) is 0 Å². The number of nitrogens with one attached hydrogen (secondary N) is 2. The minimum Gasteiger partial charge on any atom is -0.471 e. The predicted molar refractivity (Wildman–Crippen MR) is 126 cm³/mol. The van der Waals surface area contributed by atoms with Crippen molar-refractivity contribution in [2.24, 2.45) is 5.73 Å². The van der Waals surface area contributed by atoms with Gasteiger partial charge in [-0.05, 0) is 57.0 Å². The van der Waals surface area contributed by atoms with E-state index in [4.69, 9.17) is 10.5 Å². The van der Waals surface area contributed by atoms with E-state index in [0.717, 1.165) is 18.9 Å². The Morgan fingerprint density at radius 1 is 1.23 bits per heavy atom. The Morgan fingerprint density at radius 2 is 1.94 bits per heavy atom. The Labute approximate surface area is 205 Å². The van der Waals surface area contributed by atoms with Crippen LogP contribution in [-0.4, -0.2) is 59.6 Å². The number of hydrogen-bond donors (Lipinski definition) is 4. The van der Waals surface area contributed by atoms with Crippen LogP contribution in [0.4, 0.5) is 23.0 Å². The van der Waals surface area contributed by atoms with Crippen LogP contribution in [0.3, 0.4) is 0 Å². The highest BCUT2D eigenvalue weighted by Crippen LogP contribution is 2.31.